The van der Waals surface area contributed by atoms with Crippen molar-refractivity contribution in [2.45, 2.75) is 13.1 Å². The number of nitrogens with zero attached hydrogens (tertiary/aromatic N) is 3. The molecule has 1 fully saturated rings. The van der Waals surface area contributed by atoms with Crippen LogP contribution in [0.4, 0.5) is 29.5 Å². The molecule has 0 bridgehead atoms. The highest BCUT2D eigenvalue weighted by Crippen LogP contribution is 2.35. The SMILES string of the molecule is Cc1ccc(NC(=O)N2CCN(c3ncccc3C(F)(F)F)CC2)cc1Cl. The smallest absolute Gasteiger partial charge is 0.353 e. The Labute approximate surface area is 159 Å². The molecular formula is C18H18ClF3N4O. The summed E-state index contributed by atoms with van der Waals surface area (Å²) in [5.41, 5.74) is 0.707. The van der Waals surface area contributed by atoms with Crippen LogP contribution in [-0.4, -0.2) is 42.1 Å². The van der Waals surface area contributed by atoms with Crippen molar-refractivity contribution < 1.29 is 18.0 Å². The van der Waals surface area contributed by atoms with Crippen molar-refractivity contribution in [2.24, 2.45) is 0 Å². The van der Waals surface area contributed by atoms with E-state index in [1.165, 1.54) is 12.3 Å². The van der Waals surface area contributed by atoms with Crippen LogP contribution in [0.15, 0.2) is 36.5 Å². The van der Waals surface area contributed by atoms with Crippen molar-refractivity contribution in [3.63, 3.8) is 0 Å². The number of carbonyl (C=O) groups is 1. The Morgan fingerprint density at radius 1 is 1.19 bits per heavy atom. The van der Waals surface area contributed by atoms with Gasteiger partial charge in [0.1, 0.15) is 5.82 Å². The van der Waals surface area contributed by atoms with E-state index in [0.29, 0.717) is 23.8 Å². The van der Waals surface area contributed by atoms with Crippen LogP contribution < -0.4 is 10.2 Å². The van der Waals surface area contributed by atoms with Gasteiger partial charge in [-0.1, -0.05) is 17.7 Å². The average Bonchev–Trinajstić information content (AvgIpc) is 2.64. The summed E-state index contributed by atoms with van der Waals surface area (Å²) in [6, 6.07) is 7.18. The highest BCUT2D eigenvalue weighted by Gasteiger charge is 2.36. The zero-order valence-electron chi connectivity index (χ0n) is 14.6. The number of pyridine rings is 1. The van der Waals surface area contributed by atoms with Crippen molar-refractivity contribution >= 4 is 29.1 Å². The Hall–Kier alpha value is -2.48. The van der Waals surface area contributed by atoms with E-state index in [9.17, 15) is 18.0 Å². The Morgan fingerprint density at radius 2 is 1.89 bits per heavy atom. The molecule has 1 saturated heterocycles. The summed E-state index contributed by atoms with van der Waals surface area (Å²) < 4.78 is 39.5. The number of rotatable bonds is 2. The molecule has 5 nitrogen and oxygen atoms in total. The maximum atomic E-state index is 13.2. The van der Waals surface area contributed by atoms with Gasteiger partial charge < -0.3 is 15.1 Å². The fourth-order valence-electron chi connectivity index (χ4n) is 2.86. The van der Waals surface area contributed by atoms with Gasteiger partial charge in [0.25, 0.3) is 0 Å². The predicted octanol–water partition coefficient (Wildman–Crippen LogP) is 4.42. The van der Waals surface area contributed by atoms with Crippen molar-refractivity contribution in [1.29, 1.82) is 0 Å². The van der Waals surface area contributed by atoms with Crippen LogP contribution in [0.2, 0.25) is 5.02 Å². The monoisotopic (exact) mass is 398 g/mol. The lowest BCUT2D eigenvalue weighted by atomic mass is 10.2. The number of benzene rings is 1. The number of urea groups is 1. The van der Waals surface area contributed by atoms with Crippen LogP contribution in [0.25, 0.3) is 0 Å². The molecular weight excluding hydrogens is 381 g/mol. The van der Waals surface area contributed by atoms with Crippen molar-refractivity contribution in [3.05, 3.63) is 52.7 Å². The van der Waals surface area contributed by atoms with Gasteiger partial charge in [-0.05, 0) is 36.8 Å². The second kappa shape index (κ2) is 7.64. The molecule has 0 saturated carbocycles. The molecule has 0 unspecified atom stereocenters. The number of anilines is 2. The van der Waals surface area contributed by atoms with E-state index < -0.39 is 11.7 Å². The van der Waals surface area contributed by atoms with Gasteiger partial charge in [-0.2, -0.15) is 13.2 Å². The standard InChI is InChI=1S/C18H18ClF3N4O/c1-12-4-5-13(11-15(12)19)24-17(27)26-9-7-25(8-10-26)16-14(18(20,21)22)3-2-6-23-16/h2-6,11H,7-10H2,1H3,(H,24,27). The molecule has 27 heavy (non-hydrogen) atoms. The first-order chi connectivity index (χ1) is 12.8. The Bertz CT molecular complexity index is 836. The normalized spacial score (nSPS) is 15.0. The minimum atomic E-state index is -4.47. The number of halogens is 4. The summed E-state index contributed by atoms with van der Waals surface area (Å²) in [6.45, 7) is 2.98. The molecule has 144 valence electrons. The topological polar surface area (TPSA) is 48.5 Å². The molecule has 0 atom stereocenters. The number of hydrogen-bond donors (Lipinski definition) is 1. The molecule has 1 aliphatic heterocycles. The predicted molar refractivity (Wildman–Crippen MR) is 98.2 cm³/mol. The van der Waals surface area contributed by atoms with Crippen molar-refractivity contribution in [1.82, 2.24) is 9.88 Å². The number of carbonyl (C=O) groups excluding carboxylic acids is 1. The summed E-state index contributed by atoms with van der Waals surface area (Å²) in [5, 5.41) is 3.31. The molecule has 3 rings (SSSR count). The van der Waals surface area contributed by atoms with E-state index in [-0.39, 0.29) is 24.9 Å². The third-order valence-corrected chi connectivity index (χ3v) is 4.79. The van der Waals surface area contributed by atoms with Crippen LogP contribution in [0, 0.1) is 6.92 Å². The highest BCUT2D eigenvalue weighted by molar-refractivity contribution is 6.31. The molecule has 1 aromatic carbocycles. The number of alkyl halides is 3. The lowest BCUT2D eigenvalue weighted by Gasteiger charge is -2.36. The van der Waals surface area contributed by atoms with Gasteiger partial charge in [0.15, 0.2) is 0 Å². The minimum Gasteiger partial charge on any atom is -0.353 e. The van der Waals surface area contributed by atoms with Gasteiger partial charge in [0.2, 0.25) is 0 Å². The number of amides is 2. The Balaban J connectivity index is 1.64. The fraction of sp³-hybridized carbons (Fsp3) is 0.333. The summed E-state index contributed by atoms with van der Waals surface area (Å²) in [6.07, 6.45) is -3.13. The maximum Gasteiger partial charge on any atom is 0.419 e. The van der Waals surface area contributed by atoms with Crippen LogP contribution in [0.3, 0.4) is 0 Å². The highest BCUT2D eigenvalue weighted by atomic mass is 35.5. The molecule has 1 N–H and O–H groups in total. The Morgan fingerprint density at radius 3 is 2.52 bits per heavy atom. The molecule has 2 heterocycles. The van der Waals surface area contributed by atoms with Gasteiger partial charge in [-0.15, -0.1) is 0 Å². The second-order valence-electron chi connectivity index (χ2n) is 6.24. The van der Waals surface area contributed by atoms with E-state index >= 15 is 0 Å². The van der Waals surface area contributed by atoms with E-state index in [2.05, 4.69) is 10.3 Å². The number of nitrogens with one attached hydrogen (secondary N) is 1. The molecule has 0 radical (unpaired) electrons. The Kier molecular flexibility index (Phi) is 5.46. The summed E-state index contributed by atoms with van der Waals surface area (Å²) >= 11 is 6.05. The van der Waals surface area contributed by atoms with Crippen LogP contribution in [0.5, 0.6) is 0 Å². The van der Waals surface area contributed by atoms with Gasteiger partial charge in [0.05, 0.1) is 5.56 Å². The quantitative estimate of drug-likeness (QED) is 0.814. The summed E-state index contributed by atoms with van der Waals surface area (Å²) in [5.74, 6) is -0.102. The first-order valence-corrected chi connectivity index (χ1v) is 8.73. The van der Waals surface area contributed by atoms with E-state index in [4.69, 9.17) is 11.6 Å². The van der Waals surface area contributed by atoms with Crippen molar-refractivity contribution in [3.8, 4) is 0 Å². The van der Waals surface area contributed by atoms with Gasteiger partial charge in [0, 0.05) is 43.1 Å². The van der Waals surface area contributed by atoms with Gasteiger partial charge in [-0.25, -0.2) is 9.78 Å². The van der Waals surface area contributed by atoms with E-state index in [1.807, 2.05) is 6.92 Å². The van der Waals surface area contributed by atoms with Crippen LogP contribution >= 0.6 is 11.6 Å². The zero-order valence-corrected chi connectivity index (χ0v) is 15.3. The molecule has 2 aromatic rings. The lowest BCUT2D eigenvalue weighted by Crippen LogP contribution is -2.50. The lowest BCUT2D eigenvalue weighted by molar-refractivity contribution is -0.137. The zero-order chi connectivity index (χ0) is 19.6. The fourth-order valence-corrected chi connectivity index (χ4v) is 3.05. The summed E-state index contributed by atoms with van der Waals surface area (Å²) in [4.78, 5) is 19.4. The molecule has 0 aliphatic carbocycles. The molecule has 0 spiro atoms. The average molecular weight is 399 g/mol. The van der Waals surface area contributed by atoms with Crippen LogP contribution in [0.1, 0.15) is 11.1 Å². The third kappa shape index (κ3) is 4.44. The third-order valence-electron chi connectivity index (χ3n) is 4.38. The van der Waals surface area contributed by atoms with Gasteiger partial charge in [-0.3, -0.25) is 0 Å². The first-order valence-electron chi connectivity index (χ1n) is 8.35. The van der Waals surface area contributed by atoms with E-state index in [1.54, 1.807) is 28.0 Å². The molecule has 1 aliphatic rings. The summed E-state index contributed by atoms with van der Waals surface area (Å²) in [7, 11) is 0. The van der Waals surface area contributed by atoms with E-state index in [0.717, 1.165) is 11.6 Å². The molecule has 1 aromatic heterocycles. The second-order valence-corrected chi connectivity index (χ2v) is 6.65. The molecule has 9 heteroatoms. The minimum absolute atomic E-state index is 0.102. The largest absolute Gasteiger partial charge is 0.419 e. The number of aryl methyl sites for hydroxylation is 1. The number of piperazine rings is 1. The number of hydrogen-bond acceptors (Lipinski definition) is 3. The van der Waals surface area contributed by atoms with Crippen molar-refractivity contribution in [2.75, 3.05) is 36.4 Å². The van der Waals surface area contributed by atoms with Gasteiger partial charge >= 0.3 is 12.2 Å². The van der Waals surface area contributed by atoms with Crippen LogP contribution in [-0.2, 0) is 6.18 Å². The molecule has 2 amide bonds. The number of aromatic nitrogens is 1. The maximum absolute atomic E-state index is 13.2. The first kappa shape index (κ1) is 19.3.